The van der Waals surface area contributed by atoms with Gasteiger partial charge in [0.05, 0.1) is 12.1 Å². The van der Waals surface area contributed by atoms with Crippen molar-refractivity contribution >= 4 is 28.5 Å². The Bertz CT molecular complexity index is 852. The summed E-state index contributed by atoms with van der Waals surface area (Å²) in [5.41, 5.74) is 3.94. The Balaban J connectivity index is 1.68. The van der Waals surface area contributed by atoms with Gasteiger partial charge >= 0.3 is 0 Å². The molecule has 0 fully saturated rings. The molecule has 2 heterocycles. The molecule has 4 rings (SSSR count). The highest BCUT2D eigenvalue weighted by Gasteiger charge is 2.29. The number of aromatic nitrogens is 3. The summed E-state index contributed by atoms with van der Waals surface area (Å²) in [6.45, 7) is 4.45. The number of halogens is 1. The number of nitrogens with one attached hydrogen (secondary N) is 1. The van der Waals surface area contributed by atoms with Crippen molar-refractivity contribution in [1.82, 2.24) is 14.8 Å². The van der Waals surface area contributed by atoms with Crippen molar-refractivity contribution in [2.75, 3.05) is 5.32 Å². The fourth-order valence-electron chi connectivity index (χ4n) is 3.41. The van der Waals surface area contributed by atoms with E-state index >= 15 is 0 Å². The molecule has 3 aromatic rings. The molecule has 25 heavy (non-hydrogen) atoms. The molecule has 1 aliphatic heterocycles. The van der Waals surface area contributed by atoms with Crippen LogP contribution in [0.1, 0.15) is 55.0 Å². The Labute approximate surface area is 161 Å². The van der Waals surface area contributed by atoms with Gasteiger partial charge in [-0.15, -0.1) is 0 Å². The summed E-state index contributed by atoms with van der Waals surface area (Å²) in [5.74, 6) is 1.39. The molecular weight excluding hydrogens is 423 g/mol. The van der Waals surface area contributed by atoms with E-state index in [1.54, 1.807) is 6.33 Å². The molecular formula is C20H21IN4. The molecule has 1 aromatic heterocycles. The van der Waals surface area contributed by atoms with Crippen LogP contribution in [-0.2, 0) is 0 Å². The SMILES string of the molecule is CC(C)c1ccc(C2CC(c3ccc(I)cc3)Nc3ncnn32)cc1. The fraction of sp³-hybridized carbons (Fsp3) is 0.300. The monoisotopic (exact) mass is 444 g/mol. The molecule has 2 aromatic carbocycles. The number of nitrogens with zero attached hydrogens (tertiary/aromatic N) is 3. The smallest absolute Gasteiger partial charge is 0.222 e. The predicted molar refractivity (Wildman–Crippen MR) is 109 cm³/mol. The van der Waals surface area contributed by atoms with E-state index < -0.39 is 0 Å². The minimum absolute atomic E-state index is 0.198. The Morgan fingerprint density at radius 3 is 2.40 bits per heavy atom. The van der Waals surface area contributed by atoms with Crippen LogP contribution in [0, 0.1) is 3.57 Å². The van der Waals surface area contributed by atoms with E-state index in [4.69, 9.17) is 0 Å². The molecule has 5 heteroatoms. The van der Waals surface area contributed by atoms with Crippen LogP contribution in [0.4, 0.5) is 5.95 Å². The van der Waals surface area contributed by atoms with Crippen molar-refractivity contribution in [3.05, 3.63) is 75.1 Å². The van der Waals surface area contributed by atoms with E-state index in [1.807, 2.05) is 4.68 Å². The minimum atomic E-state index is 0.198. The maximum atomic E-state index is 4.46. The highest BCUT2D eigenvalue weighted by atomic mass is 127. The van der Waals surface area contributed by atoms with Gasteiger partial charge in [-0.25, -0.2) is 4.68 Å². The van der Waals surface area contributed by atoms with Gasteiger partial charge in [0.1, 0.15) is 6.33 Å². The van der Waals surface area contributed by atoms with Crippen molar-refractivity contribution in [3.8, 4) is 0 Å². The molecule has 128 valence electrons. The topological polar surface area (TPSA) is 42.7 Å². The standard InChI is InChI=1S/C20H21IN4/c1-13(2)14-3-5-16(6-4-14)19-11-18(15-7-9-17(21)10-8-15)24-20-22-12-23-25(19)20/h3-10,12-13,18-19H,11H2,1-2H3,(H,22,23,24). The zero-order valence-corrected chi connectivity index (χ0v) is 16.5. The summed E-state index contributed by atoms with van der Waals surface area (Å²) in [6, 6.07) is 18.1. The Morgan fingerprint density at radius 2 is 1.72 bits per heavy atom. The normalized spacial score (nSPS) is 19.5. The summed E-state index contributed by atoms with van der Waals surface area (Å²) >= 11 is 2.34. The van der Waals surface area contributed by atoms with Crippen molar-refractivity contribution < 1.29 is 0 Å². The van der Waals surface area contributed by atoms with Crippen molar-refractivity contribution in [2.45, 2.75) is 38.3 Å². The quantitative estimate of drug-likeness (QED) is 0.568. The molecule has 1 N–H and O–H groups in total. The zero-order valence-electron chi connectivity index (χ0n) is 14.4. The summed E-state index contributed by atoms with van der Waals surface area (Å²) in [4.78, 5) is 4.41. The number of hydrogen-bond acceptors (Lipinski definition) is 3. The summed E-state index contributed by atoms with van der Waals surface area (Å²) in [6.07, 6.45) is 2.59. The molecule has 0 aliphatic carbocycles. The number of benzene rings is 2. The first-order valence-electron chi connectivity index (χ1n) is 8.63. The van der Waals surface area contributed by atoms with Crippen LogP contribution in [-0.4, -0.2) is 14.8 Å². The number of anilines is 1. The van der Waals surface area contributed by atoms with E-state index in [2.05, 4.69) is 100 Å². The predicted octanol–water partition coefficient (Wildman–Crippen LogP) is 5.15. The molecule has 0 saturated carbocycles. The summed E-state index contributed by atoms with van der Waals surface area (Å²) < 4.78 is 3.26. The van der Waals surface area contributed by atoms with Gasteiger partial charge in [0.25, 0.3) is 0 Å². The minimum Gasteiger partial charge on any atom is -0.348 e. The van der Waals surface area contributed by atoms with E-state index in [0.717, 1.165) is 12.4 Å². The van der Waals surface area contributed by atoms with Gasteiger partial charge < -0.3 is 5.32 Å². The number of rotatable bonds is 3. The molecule has 0 radical (unpaired) electrons. The van der Waals surface area contributed by atoms with E-state index in [1.165, 1.54) is 20.3 Å². The van der Waals surface area contributed by atoms with Gasteiger partial charge in [0.2, 0.25) is 5.95 Å². The van der Waals surface area contributed by atoms with Crippen LogP contribution in [0.3, 0.4) is 0 Å². The molecule has 1 aliphatic rings. The first kappa shape index (κ1) is 16.6. The van der Waals surface area contributed by atoms with Gasteiger partial charge in [-0.05, 0) is 63.8 Å². The highest BCUT2D eigenvalue weighted by molar-refractivity contribution is 14.1. The van der Waals surface area contributed by atoms with Crippen LogP contribution < -0.4 is 5.32 Å². The summed E-state index contributed by atoms with van der Waals surface area (Å²) in [7, 11) is 0. The van der Waals surface area contributed by atoms with Crippen molar-refractivity contribution in [3.63, 3.8) is 0 Å². The Morgan fingerprint density at radius 1 is 1.04 bits per heavy atom. The van der Waals surface area contributed by atoms with Crippen LogP contribution in [0.2, 0.25) is 0 Å². The van der Waals surface area contributed by atoms with Crippen molar-refractivity contribution in [2.24, 2.45) is 0 Å². The van der Waals surface area contributed by atoms with Gasteiger partial charge in [0, 0.05) is 3.57 Å². The lowest BCUT2D eigenvalue weighted by Gasteiger charge is -2.32. The van der Waals surface area contributed by atoms with Crippen LogP contribution >= 0.6 is 22.6 Å². The van der Waals surface area contributed by atoms with Gasteiger partial charge in [-0.1, -0.05) is 50.2 Å². The molecule has 0 saturated heterocycles. The van der Waals surface area contributed by atoms with E-state index in [-0.39, 0.29) is 12.1 Å². The lowest BCUT2D eigenvalue weighted by Crippen LogP contribution is -2.28. The lowest BCUT2D eigenvalue weighted by atomic mass is 9.92. The molecule has 4 nitrogen and oxygen atoms in total. The molecule has 0 bridgehead atoms. The third kappa shape index (κ3) is 3.29. The first-order chi connectivity index (χ1) is 12.1. The Hall–Kier alpha value is -1.89. The van der Waals surface area contributed by atoms with E-state index in [0.29, 0.717) is 5.92 Å². The third-order valence-corrected chi connectivity index (χ3v) is 5.61. The number of hydrogen-bond donors (Lipinski definition) is 1. The fourth-order valence-corrected chi connectivity index (χ4v) is 3.77. The largest absolute Gasteiger partial charge is 0.348 e. The average molecular weight is 444 g/mol. The second-order valence-electron chi connectivity index (χ2n) is 6.85. The van der Waals surface area contributed by atoms with Crippen LogP contribution in [0.15, 0.2) is 54.9 Å². The number of fused-ring (bicyclic) bond motifs is 1. The van der Waals surface area contributed by atoms with Gasteiger partial charge in [-0.2, -0.15) is 10.1 Å². The molecule has 2 atom stereocenters. The molecule has 0 amide bonds. The second-order valence-corrected chi connectivity index (χ2v) is 8.10. The van der Waals surface area contributed by atoms with Crippen LogP contribution in [0.5, 0.6) is 0 Å². The second kappa shape index (κ2) is 6.78. The molecule has 0 spiro atoms. The van der Waals surface area contributed by atoms with Crippen molar-refractivity contribution in [1.29, 1.82) is 0 Å². The third-order valence-electron chi connectivity index (χ3n) is 4.89. The Kier molecular flexibility index (Phi) is 4.50. The lowest BCUT2D eigenvalue weighted by molar-refractivity contribution is 0.430. The highest BCUT2D eigenvalue weighted by Crippen LogP contribution is 2.37. The van der Waals surface area contributed by atoms with Crippen LogP contribution in [0.25, 0.3) is 0 Å². The van der Waals surface area contributed by atoms with Gasteiger partial charge in [0.15, 0.2) is 0 Å². The zero-order chi connectivity index (χ0) is 17.4. The first-order valence-corrected chi connectivity index (χ1v) is 9.71. The summed E-state index contributed by atoms with van der Waals surface area (Å²) in [5, 5.41) is 7.99. The average Bonchev–Trinajstić information content (AvgIpc) is 3.10. The molecule has 2 unspecified atom stereocenters. The van der Waals surface area contributed by atoms with E-state index in [9.17, 15) is 0 Å². The maximum Gasteiger partial charge on any atom is 0.222 e. The van der Waals surface area contributed by atoms with Gasteiger partial charge in [-0.3, -0.25) is 0 Å². The maximum absolute atomic E-state index is 4.46.